The first-order chi connectivity index (χ1) is 11.0. The first-order valence-electron chi connectivity index (χ1n) is 7.41. The van der Waals surface area contributed by atoms with E-state index in [0.29, 0.717) is 11.1 Å². The maximum atomic E-state index is 12.2. The molecule has 1 amide bonds. The van der Waals surface area contributed by atoms with Crippen LogP contribution in [-0.4, -0.2) is 5.91 Å². The second-order valence-corrected chi connectivity index (χ2v) is 5.64. The van der Waals surface area contributed by atoms with Crippen LogP contribution < -0.4 is 10.9 Å². The second-order valence-electron chi connectivity index (χ2n) is 5.64. The van der Waals surface area contributed by atoms with Gasteiger partial charge in [0.25, 0.3) is 5.91 Å². The Morgan fingerprint density at radius 2 is 1.70 bits per heavy atom. The van der Waals surface area contributed by atoms with Crippen molar-refractivity contribution in [3.8, 4) is 0 Å². The molecule has 3 rings (SSSR count). The van der Waals surface area contributed by atoms with Gasteiger partial charge >= 0.3 is 5.63 Å². The summed E-state index contributed by atoms with van der Waals surface area (Å²) < 4.78 is 5.19. The number of fused-ring (bicyclic) bond motifs is 1. The van der Waals surface area contributed by atoms with Gasteiger partial charge in [-0.15, -0.1) is 0 Å². The fourth-order valence-corrected chi connectivity index (χ4v) is 2.47. The van der Waals surface area contributed by atoms with Crippen molar-refractivity contribution in [1.29, 1.82) is 0 Å². The predicted molar refractivity (Wildman–Crippen MR) is 89.6 cm³/mol. The molecule has 0 fully saturated rings. The van der Waals surface area contributed by atoms with Gasteiger partial charge in [0.2, 0.25) is 0 Å². The number of hydrogen-bond donors (Lipinski definition) is 1. The molecule has 0 bridgehead atoms. The highest BCUT2D eigenvalue weighted by Gasteiger charge is 2.09. The molecule has 0 saturated carbocycles. The number of carbonyl (C=O) groups excluding carboxylic acids is 1. The lowest BCUT2D eigenvalue weighted by atomic mass is 10.1. The summed E-state index contributed by atoms with van der Waals surface area (Å²) in [5.41, 5.74) is 3.63. The molecule has 0 aliphatic heterocycles. The summed E-state index contributed by atoms with van der Waals surface area (Å²) in [6.45, 7) is 4.22. The fraction of sp³-hybridized carbons (Fsp3) is 0.158. The van der Waals surface area contributed by atoms with E-state index in [0.717, 1.165) is 22.1 Å². The van der Waals surface area contributed by atoms with Gasteiger partial charge in [0, 0.05) is 23.6 Å². The van der Waals surface area contributed by atoms with Crippen LogP contribution in [0.2, 0.25) is 0 Å². The predicted octanol–water partition coefficient (Wildman–Crippen LogP) is 3.34. The maximum absolute atomic E-state index is 12.2. The van der Waals surface area contributed by atoms with Crippen LogP contribution >= 0.6 is 0 Å². The summed E-state index contributed by atoms with van der Waals surface area (Å²) in [7, 11) is 0. The molecule has 4 nitrogen and oxygen atoms in total. The summed E-state index contributed by atoms with van der Waals surface area (Å²) in [6, 6.07) is 14.4. The van der Waals surface area contributed by atoms with Crippen molar-refractivity contribution < 1.29 is 9.21 Å². The Balaban J connectivity index is 1.86. The standard InChI is InChI=1S/C19H17NO3/c1-12-3-6-14(7-4-12)19(22)20-11-15-10-18(21)23-17-8-5-13(2)9-16(15)17/h3-10H,11H2,1-2H3,(H,20,22). The van der Waals surface area contributed by atoms with Crippen molar-refractivity contribution in [1.82, 2.24) is 5.32 Å². The van der Waals surface area contributed by atoms with E-state index in [1.165, 1.54) is 6.07 Å². The summed E-state index contributed by atoms with van der Waals surface area (Å²) in [5, 5.41) is 3.70. The van der Waals surface area contributed by atoms with Gasteiger partial charge in [0.1, 0.15) is 5.58 Å². The van der Waals surface area contributed by atoms with Crippen LogP contribution in [-0.2, 0) is 6.54 Å². The number of rotatable bonds is 3. The van der Waals surface area contributed by atoms with Crippen molar-refractivity contribution in [3.05, 3.63) is 81.2 Å². The Labute approximate surface area is 133 Å². The van der Waals surface area contributed by atoms with Crippen LogP contribution in [0.1, 0.15) is 27.0 Å². The molecule has 23 heavy (non-hydrogen) atoms. The van der Waals surface area contributed by atoms with E-state index >= 15 is 0 Å². The minimum absolute atomic E-state index is 0.168. The van der Waals surface area contributed by atoms with Gasteiger partial charge in [-0.1, -0.05) is 29.3 Å². The Kier molecular flexibility index (Phi) is 3.98. The molecule has 0 unspecified atom stereocenters. The minimum Gasteiger partial charge on any atom is -0.423 e. The lowest BCUT2D eigenvalue weighted by Crippen LogP contribution is -2.23. The third kappa shape index (κ3) is 3.31. The van der Waals surface area contributed by atoms with Gasteiger partial charge in [0.05, 0.1) is 0 Å². The molecule has 2 aromatic carbocycles. The summed E-state index contributed by atoms with van der Waals surface area (Å²) in [5.74, 6) is -0.168. The Hall–Kier alpha value is -2.88. The van der Waals surface area contributed by atoms with Crippen LogP contribution in [0, 0.1) is 13.8 Å². The zero-order valence-electron chi connectivity index (χ0n) is 13.1. The molecule has 0 aliphatic rings. The van der Waals surface area contributed by atoms with Gasteiger partial charge in [-0.3, -0.25) is 4.79 Å². The maximum Gasteiger partial charge on any atom is 0.336 e. The summed E-state index contributed by atoms with van der Waals surface area (Å²) in [6.07, 6.45) is 0. The highest BCUT2D eigenvalue weighted by Crippen LogP contribution is 2.18. The molecular weight excluding hydrogens is 290 g/mol. The second kappa shape index (κ2) is 6.08. The number of amides is 1. The highest BCUT2D eigenvalue weighted by atomic mass is 16.4. The van der Waals surface area contributed by atoms with E-state index in [2.05, 4.69) is 5.32 Å². The number of carbonyl (C=O) groups is 1. The molecular formula is C19H17NO3. The van der Waals surface area contributed by atoms with Crippen molar-refractivity contribution >= 4 is 16.9 Å². The quantitative estimate of drug-likeness (QED) is 0.755. The number of benzene rings is 2. The van der Waals surface area contributed by atoms with Crippen LogP contribution in [0.25, 0.3) is 11.0 Å². The normalized spacial score (nSPS) is 10.7. The molecule has 0 radical (unpaired) electrons. The largest absolute Gasteiger partial charge is 0.423 e. The van der Waals surface area contributed by atoms with E-state index < -0.39 is 5.63 Å². The average molecular weight is 307 g/mol. The molecule has 4 heteroatoms. The van der Waals surface area contributed by atoms with Crippen molar-refractivity contribution in [2.75, 3.05) is 0 Å². The fourth-order valence-electron chi connectivity index (χ4n) is 2.47. The van der Waals surface area contributed by atoms with Crippen LogP contribution in [0.5, 0.6) is 0 Å². The summed E-state index contributed by atoms with van der Waals surface area (Å²) >= 11 is 0. The van der Waals surface area contributed by atoms with Crippen LogP contribution in [0.15, 0.2) is 57.7 Å². The Morgan fingerprint density at radius 1 is 1.00 bits per heavy atom. The average Bonchev–Trinajstić information content (AvgIpc) is 2.53. The number of hydrogen-bond acceptors (Lipinski definition) is 3. The summed E-state index contributed by atoms with van der Waals surface area (Å²) in [4.78, 5) is 23.9. The first-order valence-corrected chi connectivity index (χ1v) is 7.41. The smallest absolute Gasteiger partial charge is 0.336 e. The molecule has 0 spiro atoms. The van der Waals surface area contributed by atoms with Crippen LogP contribution in [0.3, 0.4) is 0 Å². The van der Waals surface area contributed by atoms with E-state index in [9.17, 15) is 9.59 Å². The Bertz CT molecular complexity index is 923. The zero-order valence-corrected chi connectivity index (χ0v) is 13.1. The highest BCUT2D eigenvalue weighted by molar-refractivity contribution is 5.94. The van der Waals surface area contributed by atoms with Crippen molar-refractivity contribution in [2.24, 2.45) is 0 Å². The monoisotopic (exact) mass is 307 g/mol. The lowest BCUT2D eigenvalue weighted by molar-refractivity contribution is 0.0951. The SMILES string of the molecule is Cc1ccc(C(=O)NCc2cc(=O)oc3ccc(C)cc23)cc1. The van der Waals surface area contributed by atoms with Crippen molar-refractivity contribution in [3.63, 3.8) is 0 Å². The van der Waals surface area contributed by atoms with Gasteiger partial charge in [0.15, 0.2) is 0 Å². The molecule has 1 N–H and O–H groups in total. The van der Waals surface area contributed by atoms with E-state index in [1.54, 1.807) is 18.2 Å². The van der Waals surface area contributed by atoms with E-state index in [4.69, 9.17) is 4.42 Å². The molecule has 0 atom stereocenters. The van der Waals surface area contributed by atoms with E-state index in [1.807, 2.05) is 38.1 Å². The third-order valence-electron chi connectivity index (χ3n) is 3.74. The first kappa shape index (κ1) is 15.0. The van der Waals surface area contributed by atoms with Crippen molar-refractivity contribution in [2.45, 2.75) is 20.4 Å². The van der Waals surface area contributed by atoms with Gasteiger partial charge < -0.3 is 9.73 Å². The molecule has 0 saturated heterocycles. The topological polar surface area (TPSA) is 59.3 Å². The lowest BCUT2D eigenvalue weighted by Gasteiger charge is -2.08. The van der Waals surface area contributed by atoms with Gasteiger partial charge in [-0.2, -0.15) is 0 Å². The molecule has 1 aromatic heterocycles. The molecule has 0 aliphatic carbocycles. The third-order valence-corrected chi connectivity index (χ3v) is 3.74. The minimum atomic E-state index is -0.416. The van der Waals surface area contributed by atoms with E-state index in [-0.39, 0.29) is 12.5 Å². The number of nitrogens with one attached hydrogen (secondary N) is 1. The Morgan fingerprint density at radius 3 is 2.43 bits per heavy atom. The van der Waals surface area contributed by atoms with Crippen LogP contribution in [0.4, 0.5) is 0 Å². The van der Waals surface area contributed by atoms with Gasteiger partial charge in [-0.05, 0) is 43.7 Å². The molecule has 116 valence electrons. The zero-order chi connectivity index (χ0) is 16.4. The molecule has 1 heterocycles. The molecule has 3 aromatic rings. The number of aryl methyl sites for hydroxylation is 2. The van der Waals surface area contributed by atoms with Gasteiger partial charge in [-0.25, -0.2) is 4.79 Å².